The van der Waals surface area contributed by atoms with E-state index in [-0.39, 0.29) is 11.2 Å². The van der Waals surface area contributed by atoms with Crippen LogP contribution in [0.25, 0.3) is 5.69 Å². The predicted molar refractivity (Wildman–Crippen MR) is 101 cm³/mol. The Balaban J connectivity index is 1.69. The lowest BCUT2D eigenvalue weighted by Crippen LogP contribution is -2.22. The Morgan fingerprint density at radius 1 is 1.23 bits per heavy atom. The van der Waals surface area contributed by atoms with Crippen molar-refractivity contribution < 1.29 is 9.53 Å². The summed E-state index contributed by atoms with van der Waals surface area (Å²) in [5, 5.41) is 14.9. The number of nitrogens with zero attached hydrogens (tertiary/aromatic N) is 4. The molecule has 0 radical (unpaired) electrons. The first kappa shape index (κ1) is 17.9. The third-order valence-corrected chi connectivity index (χ3v) is 4.73. The van der Waals surface area contributed by atoms with Gasteiger partial charge in [-0.05, 0) is 66.2 Å². The normalized spacial score (nSPS) is 11.8. The van der Waals surface area contributed by atoms with Crippen LogP contribution >= 0.6 is 11.8 Å². The summed E-state index contributed by atoms with van der Waals surface area (Å²) >= 11 is 1.30. The van der Waals surface area contributed by atoms with Gasteiger partial charge >= 0.3 is 0 Å². The van der Waals surface area contributed by atoms with Gasteiger partial charge in [-0.15, -0.1) is 5.10 Å². The molecule has 1 atom stereocenters. The molecule has 3 rings (SSSR count). The highest BCUT2D eigenvalue weighted by atomic mass is 32.2. The predicted octanol–water partition coefficient (Wildman–Crippen LogP) is 3.10. The molecule has 8 heteroatoms. The average Bonchev–Trinajstić information content (AvgIpc) is 3.10. The van der Waals surface area contributed by atoms with Gasteiger partial charge in [0.05, 0.1) is 18.0 Å². The first-order valence-corrected chi connectivity index (χ1v) is 8.92. The minimum absolute atomic E-state index is 0.126. The second kappa shape index (κ2) is 8.01. The van der Waals surface area contributed by atoms with Gasteiger partial charge in [-0.25, -0.2) is 0 Å². The molecule has 0 saturated carbocycles. The summed E-state index contributed by atoms with van der Waals surface area (Å²) in [6.07, 6.45) is 0. The number of carbonyl (C=O) groups excluding carboxylic acids is 1. The van der Waals surface area contributed by atoms with Crippen molar-refractivity contribution >= 4 is 23.4 Å². The zero-order valence-corrected chi connectivity index (χ0v) is 15.5. The maximum absolute atomic E-state index is 12.5. The molecule has 3 aromatic rings. The molecule has 7 nitrogen and oxygen atoms in total. The molecule has 1 heterocycles. The van der Waals surface area contributed by atoms with Crippen LogP contribution in [0.15, 0.2) is 53.7 Å². The van der Waals surface area contributed by atoms with Gasteiger partial charge in [0.1, 0.15) is 5.75 Å². The van der Waals surface area contributed by atoms with Crippen LogP contribution in [0.2, 0.25) is 0 Å². The Bertz CT molecular complexity index is 895. The summed E-state index contributed by atoms with van der Waals surface area (Å²) < 4.78 is 6.75. The van der Waals surface area contributed by atoms with Crippen molar-refractivity contribution in [3.63, 3.8) is 0 Å². The number of aromatic nitrogens is 4. The van der Waals surface area contributed by atoms with Crippen molar-refractivity contribution in [2.75, 3.05) is 12.4 Å². The first-order chi connectivity index (χ1) is 12.6. The summed E-state index contributed by atoms with van der Waals surface area (Å²) in [6, 6.07) is 15.1. The minimum Gasteiger partial charge on any atom is -0.497 e. The average molecular weight is 369 g/mol. The topological polar surface area (TPSA) is 81.9 Å². The van der Waals surface area contributed by atoms with Gasteiger partial charge in [-0.3, -0.25) is 4.79 Å². The smallest absolute Gasteiger partial charge is 0.237 e. The standard InChI is InChI=1S/C18H19N5O2S/c1-12-5-4-6-15(11-12)23-18(20-21-22-23)26-13(2)17(24)19-14-7-9-16(25-3)10-8-14/h4-11,13H,1-3H3,(H,19,24)/t13-/m0/s1. The van der Waals surface area contributed by atoms with Crippen LogP contribution in [0.4, 0.5) is 5.69 Å². The van der Waals surface area contributed by atoms with E-state index in [1.165, 1.54) is 11.8 Å². The van der Waals surface area contributed by atoms with Gasteiger partial charge in [0.15, 0.2) is 0 Å². The van der Waals surface area contributed by atoms with Gasteiger partial charge < -0.3 is 10.1 Å². The van der Waals surface area contributed by atoms with Gasteiger partial charge in [-0.1, -0.05) is 23.9 Å². The van der Waals surface area contributed by atoms with Crippen LogP contribution in [0, 0.1) is 6.92 Å². The molecule has 1 N–H and O–H groups in total. The zero-order chi connectivity index (χ0) is 18.5. The van der Waals surface area contributed by atoms with Gasteiger partial charge in [0.2, 0.25) is 11.1 Å². The maximum Gasteiger partial charge on any atom is 0.237 e. The van der Waals surface area contributed by atoms with Crippen LogP contribution in [-0.2, 0) is 4.79 Å². The summed E-state index contributed by atoms with van der Waals surface area (Å²) in [5.41, 5.74) is 2.68. The molecule has 0 aliphatic heterocycles. The van der Waals surface area contributed by atoms with Crippen LogP contribution < -0.4 is 10.1 Å². The number of hydrogen-bond donors (Lipinski definition) is 1. The van der Waals surface area contributed by atoms with Crippen LogP contribution in [0.5, 0.6) is 5.75 Å². The summed E-state index contributed by atoms with van der Waals surface area (Å²) in [6.45, 7) is 3.82. The largest absolute Gasteiger partial charge is 0.497 e. The molecule has 2 aromatic carbocycles. The van der Waals surface area contributed by atoms with Crippen molar-refractivity contribution in [2.45, 2.75) is 24.3 Å². The fraction of sp³-hybridized carbons (Fsp3) is 0.222. The zero-order valence-electron chi connectivity index (χ0n) is 14.7. The molecular formula is C18H19N5O2S. The van der Waals surface area contributed by atoms with E-state index in [0.29, 0.717) is 10.8 Å². The highest BCUT2D eigenvalue weighted by Gasteiger charge is 2.19. The van der Waals surface area contributed by atoms with E-state index in [4.69, 9.17) is 4.74 Å². The monoisotopic (exact) mass is 369 g/mol. The molecule has 0 aliphatic rings. The molecular weight excluding hydrogens is 350 g/mol. The number of benzene rings is 2. The molecule has 0 bridgehead atoms. The Hall–Kier alpha value is -2.87. The maximum atomic E-state index is 12.5. The van der Waals surface area contributed by atoms with Crippen LogP contribution in [0.1, 0.15) is 12.5 Å². The van der Waals surface area contributed by atoms with E-state index in [0.717, 1.165) is 17.0 Å². The number of nitrogens with one attached hydrogen (secondary N) is 1. The second-order valence-electron chi connectivity index (χ2n) is 5.69. The van der Waals surface area contributed by atoms with Crippen molar-refractivity contribution in [1.82, 2.24) is 20.2 Å². The van der Waals surface area contributed by atoms with E-state index in [1.54, 1.807) is 36.1 Å². The summed E-state index contributed by atoms with van der Waals surface area (Å²) in [7, 11) is 1.60. The number of amides is 1. The third kappa shape index (κ3) is 4.20. The number of hydrogen-bond acceptors (Lipinski definition) is 6. The van der Waals surface area contributed by atoms with E-state index in [9.17, 15) is 4.79 Å². The number of rotatable bonds is 6. The molecule has 134 valence electrons. The third-order valence-electron chi connectivity index (χ3n) is 3.70. The fourth-order valence-corrected chi connectivity index (χ4v) is 3.11. The van der Waals surface area contributed by atoms with Gasteiger partial charge in [-0.2, -0.15) is 4.68 Å². The first-order valence-electron chi connectivity index (χ1n) is 8.04. The highest BCUT2D eigenvalue weighted by molar-refractivity contribution is 8.00. The van der Waals surface area contributed by atoms with E-state index in [1.807, 2.05) is 38.1 Å². The molecule has 1 amide bonds. The van der Waals surface area contributed by atoms with Gasteiger partial charge in [0.25, 0.3) is 0 Å². The summed E-state index contributed by atoms with van der Waals surface area (Å²) in [5.74, 6) is 0.613. The van der Waals surface area contributed by atoms with Crippen LogP contribution in [-0.4, -0.2) is 38.5 Å². The molecule has 0 aliphatic carbocycles. The van der Waals surface area contributed by atoms with Crippen LogP contribution in [0.3, 0.4) is 0 Å². The number of ether oxygens (including phenoxy) is 1. The molecule has 0 unspecified atom stereocenters. The van der Waals surface area contributed by atoms with Crippen molar-refractivity contribution in [2.24, 2.45) is 0 Å². The number of tetrazole rings is 1. The second-order valence-corrected chi connectivity index (χ2v) is 7.00. The lowest BCUT2D eigenvalue weighted by Gasteiger charge is -2.12. The van der Waals surface area contributed by atoms with Crippen molar-refractivity contribution in [3.05, 3.63) is 54.1 Å². The Morgan fingerprint density at radius 3 is 2.69 bits per heavy atom. The Kier molecular flexibility index (Phi) is 5.52. The van der Waals surface area contributed by atoms with E-state index in [2.05, 4.69) is 20.8 Å². The highest BCUT2D eigenvalue weighted by Crippen LogP contribution is 2.24. The quantitative estimate of drug-likeness (QED) is 0.673. The SMILES string of the molecule is COc1ccc(NC(=O)[C@H](C)Sc2nnnn2-c2cccc(C)c2)cc1. The minimum atomic E-state index is -0.369. The van der Waals surface area contributed by atoms with Crippen molar-refractivity contribution in [3.8, 4) is 11.4 Å². The Labute approximate surface area is 155 Å². The van der Waals surface area contributed by atoms with E-state index >= 15 is 0 Å². The summed E-state index contributed by atoms with van der Waals surface area (Å²) in [4.78, 5) is 12.5. The number of methoxy groups -OCH3 is 1. The number of anilines is 1. The molecule has 26 heavy (non-hydrogen) atoms. The lowest BCUT2D eigenvalue weighted by molar-refractivity contribution is -0.115. The number of aryl methyl sites for hydroxylation is 1. The van der Waals surface area contributed by atoms with E-state index < -0.39 is 0 Å². The molecule has 0 saturated heterocycles. The fourth-order valence-electron chi connectivity index (χ4n) is 2.30. The molecule has 0 fully saturated rings. The number of carbonyl (C=O) groups is 1. The number of thioether (sulfide) groups is 1. The molecule has 0 spiro atoms. The molecule has 1 aromatic heterocycles. The van der Waals surface area contributed by atoms with Crippen molar-refractivity contribution in [1.29, 1.82) is 0 Å². The van der Waals surface area contributed by atoms with Gasteiger partial charge in [0, 0.05) is 5.69 Å². The lowest BCUT2D eigenvalue weighted by atomic mass is 10.2. The Morgan fingerprint density at radius 2 is 2.00 bits per heavy atom.